The predicted molar refractivity (Wildman–Crippen MR) is 94.7 cm³/mol. The van der Waals surface area contributed by atoms with E-state index in [1.54, 1.807) is 11.8 Å². The van der Waals surface area contributed by atoms with Crippen molar-refractivity contribution in [3.05, 3.63) is 35.7 Å². The van der Waals surface area contributed by atoms with Gasteiger partial charge in [0.2, 0.25) is 5.16 Å². The summed E-state index contributed by atoms with van der Waals surface area (Å²) < 4.78 is 12.7. The maximum absolute atomic E-state index is 6.08. The molecule has 1 aromatic carbocycles. The van der Waals surface area contributed by atoms with Crippen molar-refractivity contribution in [2.75, 3.05) is 24.8 Å². The van der Waals surface area contributed by atoms with Gasteiger partial charge in [-0.2, -0.15) is 0 Å². The Morgan fingerprint density at radius 2 is 2.12 bits per heavy atom. The zero-order valence-corrected chi connectivity index (χ0v) is 15.0. The molecular formula is C17H24N4O2S. The van der Waals surface area contributed by atoms with Gasteiger partial charge in [-0.3, -0.25) is 0 Å². The number of ether oxygens (including phenoxy) is 2. The Kier molecular flexibility index (Phi) is 5.63. The Morgan fingerprint density at radius 1 is 1.33 bits per heavy atom. The van der Waals surface area contributed by atoms with E-state index in [9.17, 15) is 0 Å². The van der Waals surface area contributed by atoms with Crippen molar-refractivity contribution in [2.45, 2.75) is 37.9 Å². The van der Waals surface area contributed by atoms with Gasteiger partial charge in [-0.15, -0.1) is 10.2 Å². The van der Waals surface area contributed by atoms with Crippen molar-refractivity contribution in [3.8, 4) is 5.75 Å². The van der Waals surface area contributed by atoms with Gasteiger partial charge in [0.25, 0.3) is 0 Å². The molecule has 0 amide bonds. The van der Waals surface area contributed by atoms with Gasteiger partial charge >= 0.3 is 0 Å². The molecule has 1 aliphatic rings. The Balaban J connectivity index is 1.53. The van der Waals surface area contributed by atoms with Gasteiger partial charge in [0.15, 0.2) is 5.82 Å². The summed E-state index contributed by atoms with van der Waals surface area (Å²) in [5.41, 5.74) is 1.29. The van der Waals surface area contributed by atoms with E-state index in [0.29, 0.717) is 24.3 Å². The van der Waals surface area contributed by atoms with Gasteiger partial charge in [-0.05, 0) is 36.0 Å². The Morgan fingerprint density at radius 3 is 2.79 bits per heavy atom. The van der Waals surface area contributed by atoms with Crippen LogP contribution in [0.25, 0.3) is 0 Å². The lowest BCUT2D eigenvalue weighted by atomic mass is 10.0. The molecule has 2 N–H and O–H groups in total. The van der Waals surface area contributed by atoms with Gasteiger partial charge in [0.1, 0.15) is 12.4 Å². The second-order valence-electron chi connectivity index (χ2n) is 6.32. The third kappa shape index (κ3) is 4.21. The van der Waals surface area contributed by atoms with E-state index in [2.05, 4.69) is 36.2 Å². The highest BCUT2D eigenvalue weighted by Gasteiger charge is 2.18. The summed E-state index contributed by atoms with van der Waals surface area (Å²) in [7, 11) is 0. The summed E-state index contributed by atoms with van der Waals surface area (Å²) in [6.45, 7) is 6.33. The average molecular weight is 348 g/mol. The number of aromatic nitrogens is 3. The summed E-state index contributed by atoms with van der Waals surface area (Å²) in [5.74, 6) is 9.54. The molecule has 1 fully saturated rings. The maximum Gasteiger partial charge on any atom is 0.209 e. The van der Waals surface area contributed by atoms with Crippen molar-refractivity contribution in [2.24, 2.45) is 5.92 Å². The molecule has 0 unspecified atom stereocenters. The quantitative estimate of drug-likeness (QED) is 0.612. The lowest BCUT2D eigenvalue weighted by Crippen LogP contribution is -2.16. The summed E-state index contributed by atoms with van der Waals surface area (Å²) in [6, 6.07) is 8.11. The average Bonchev–Trinajstić information content (AvgIpc) is 3.21. The number of thioether (sulfide) groups is 1. The smallest absolute Gasteiger partial charge is 0.209 e. The summed E-state index contributed by atoms with van der Waals surface area (Å²) in [5, 5.41) is 9.01. The molecule has 2 heterocycles. The first-order chi connectivity index (χ1) is 11.6. The van der Waals surface area contributed by atoms with Crippen molar-refractivity contribution in [3.63, 3.8) is 0 Å². The van der Waals surface area contributed by atoms with E-state index >= 15 is 0 Å². The van der Waals surface area contributed by atoms with Gasteiger partial charge in [-0.1, -0.05) is 37.7 Å². The fourth-order valence-corrected chi connectivity index (χ4v) is 3.50. The first-order valence-electron chi connectivity index (χ1n) is 8.26. The van der Waals surface area contributed by atoms with E-state index in [1.807, 2.05) is 12.1 Å². The first-order valence-corrected chi connectivity index (χ1v) is 9.24. The molecule has 2 aromatic rings. The number of nitrogens with two attached hydrogens (primary N) is 1. The number of nitrogens with zero attached hydrogens (tertiary/aromatic N) is 3. The van der Waals surface area contributed by atoms with Gasteiger partial charge in [0.05, 0.1) is 6.61 Å². The third-order valence-electron chi connectivity index (χ3n) is 4.12. The molecule has 130 valence electrons. The largest absolute Gasteiger partial charge is 0.486 e. The lowest BCUT2D eigenvalue weighted by Gasteiger charge is -2.09. The van der Waals surface area contributed by atoms with Gasteiger partial charge in [-0.25, -0.2) is 4.68 Å². The normalized spacial score (nSPS) is 17.5. The van der Waals surface area contributed by atoms with E-state index in [0.717, 1.165) is 36.3 Å². The zero-order chi connectivity index (χ0) is 16.9. The molecule has 6 nitrogen and oxygen atoms in total. The number of hydrogen-bond acceptors (Lipinski definition) is 6. The first kappa shape index (κ1) is 17.1. The molecule has 0 saturated carbocycles. The van der Waals surface area contributed by atoms with Crippen LogP contribution in [0.1, 0.15) is 37.6 Å². The molecule has 0 radical (unpaired) electrons. The van der Waals surface area contributed by atoms with Crippen LogP contribution in [-0.2, 0) is 11.3 Å². The minimum absolute atomic E-state index is 0.303. The molecule has 1 aromatic heterocycles. The second kappa shape index (κ2) is 7.90. The molecule has 1 atom stereocenters. The van der Waals surface area contributed by atoms with Crippen LogP contribution in [-0.4, -0.2) is 33.8 Å². The second-order valence-corrected chi connectivity index (χ2v) is 7.31. The molecule has 0 aliphatic carbocycles. The van der Waals surface area contributed by atoms with E-state index in [1.165, 1.54) is 10.2 Å². The molecule has 24 heavy (non-hydrogen) atoms. The van der Waals surface area contributed by atoms with Gasteiger partial charge in [0, 0.05) is 12.4 Å². The molecule has 1 aliphatic heterocycles. The maximum atomic E-state index is 6.08. The molecule has 0 spiro atoms. The SMILES string of the molecule is CC(C)c1ccc(OCc2nnc(SC[C@H]3CCOC3)n2N)cc1. The van der Waals surface area contributed by atoms with Crippen LogP contribution in [0.2, 0.25) is 0 Å². The van der Waals surface area contributed by atoms with E-state index in [4.69, 9.17) is 15.3 Å². The topological polar surface area (TPSA) is 75.2 Å². The van der Waals surface area contributed by atoms with E-state index < -0.39 is 0 Å². The van der Waals surface area contributed by atoms with Crippen LogP contribution in [0.4, 0.5) is 0 Å². The highest BCUT2D eigenvalue weighted by molar-refractivity contribution is 7.99. The number of benzene rings is 1. The third-order valence-corrected chi connectivity index (χ3v) is 5.30. The summed E-state index contributed by atoms with van der Waals surface area (Å²) in [4.78, 5) is 0. The van der Waals surface area contributed by atoms with Crippen LogP contribution in [0.5, 0.6) is 5.75 Å². The molecule has 7 heteroatoms. The van der Waals surface area contributed by atoms with Gasteiger partial charge < -0.3 is 15.3 Å². The van der Waals surface area contributed by atoms with Crippen molar-refractivity contribution < 1.29 is 9.47 Å². The highest BCUT2D eigenvalue weighted by Crippen LogP contribution is 2.23. The fourth-order valence-electron chi connectivity index (χ4n) is 2.51. The number of nitrogen functional groups attached to an aromatic ring is 1. The van der Waals surface area contributed by atoms with Crippen LogP contribution < -0.4 is 10.6 Å². The molecular weight excluding hydrogens is 324 g/mol. The molecule has 1 saturated heterocycles. The standard InChI is InChI=1S/C17H24N4O2S/c1-12(2)14-3-5-15(6-4-14)23-10-16-19-20-17(21(16)18)24-11-13-7-8-22-9-13/h3-6,12-13H,7-11,18H2,1-2H3/t13-/m0/s1. The summed E-state index contributed by atoms with van der Waals surface area (Å²) in [6.07, 6.45) is 1.11. The zero-order valence-electron chi connectivity index (χ0n) is 14.1. The Hall–Kier alpha value is -1.73. The predicted octanol–water partition coefficient (Wildman–Crippen LogP) is 2.82. The minimum Gasteiger partial charge on any atom is -0.486 e. The van der Waals surface area contributed by atoms with Crippen LogP contribution in [0.3, 0.4) is 0 Å². The van der Waals surface area contributed by atoms with Crippen molar-refractivity contribution >= 4 is 11.8 Å². The Bertz CT molecular complexity index is 651. The number of rotatable bonds is 7. The van der Waals surface area contributed by atoms with Crippen LogP contribution in [0.15, 0.2) is 29.4 Å². The van der Waals surface area contributed by atoms with Crippen molar-refractivity contribution in [1.82, 2.24) is 14.9 Å². The summed E-state index contributed by atoms with van der Waals surface area (Å²) >= 11 is 1.62. The highest BCUT2D eigenvalue weighted by atomic mass is 32.2. The fraction of sp³-hybridized carbons (Fsp3) is 0.529. The molecule has 0 bridgehead atoms. The Labute approximate surface area is 146 Å². The minimum atomic E-state index is 0.303. The van der Waals surface area contributed by atoms with E-state index in [-0.39, 0.29) is 0 Å². The number of hydrogen-bond donors (Lipinski definition) is 1. The monoisotopic (exact) mass is 348 g/mol. The van der Waals surface area contributed by atoms with Crippen LogP contribution >= 0.6 is 11.8 Å². The van der Waals surface area contributed by atoms with Crippen LogP contribution in [0, 0.1) is 5.92 Å². The lowest BCUT2D eigenvalue weighted by molar-refractivity contribution is 0.189. The molecule has 3 rings (SSSR count). The van der Waals surface area contributed by atoms with Crippen molar-refractivity contribution in [1.29, 1.82) is 0 Å².